The van der Waals surface area contributed by atoms with Gasteiger partial charge in [0.25, 0.3) is 0 Å². The summed E-state index contributed by atoms with van der Waals surface area (Å²) in [7, 11) is 0. The van der Waals surface area contributed by atoms with Gasteiger partial charge in [0.2, 0.25) is 0 Å². The molecule has 2 aromatic rings. The maximum Gasteiger partial charge on any atom is 0.130 e. The molecule has 0 aliphatic heterocycles. The molecule has 1 aliphatic rings. The van der Waals surface area contributed by atoms with Gasteiger partial charge in [0.15, 0.2) is 0 Å². The molecule has 0 bridgehead atoms. The molecule has 1 aromatic heterocycles. The van der Waals surface area contributed by atoms with Gasteiger partial charge in [-0.15, -0.1) is 11.3 Å². The van der Waals surface area contributed by atoms with Crippen LogP contribution >= 0.6 is 11.3 Å². The Morgan fingerprint density at radius 3 is 3.00 bits per heavy atom. The molecule has 14 heavy (non-hydrogen) atoms. The monoisotopic (exact) mass is 203 g/mol. The molecule has 0 atom stereocenters. The zero-order valence-corrected chi connectivity index (χ0v) is 8.38. The number of carbonyl (C=O) groups is 1. The Bertz CT molecular complexity index is 499. The first kappa shape index (κ1) is 8.12. The smallest absolute Gasteiger partial charge is 0.130 e. The summed E-state index contributed by atoms with van der Waals surface area (Å²) in [4.78, 5) is 15.2. The molecule has 1 fully saturated rings. The van der Waals surface area contributed by atoms with Crippen LogP contribution < -0.4 is 0 Å². The van der Waals surface area contributed by atoms with Crippen molar-refractivity contribution in [2.75, 3.05) is 0 Å². The van der Waals surface area contributed by atoms with Crippen molar-refractivity contribution in [2.24, 2.45) is 0 Å². The molecule has 0 amide bonds. The number of benzene rings is 1. The largest absolute Gasteiger partial charge is 0.302 e. The Kier molecular flexibility index (Phi) is 1.53. The molecular weight excluding hydrogens is 194 g/mol. The highest BCUT2D eigenvalue weighted by Gasteiger charge is 2.44. The van der Waals surface area contributed by atoms with Gasteiger partial charge in [-0.25, -0.2) is 4.98 Å². The number of thiazole rings is 1. The van der Waals surface area contributed by atoms with Gasteiger partial charge in [-0.1, -0.05) is 6.07 Å². The molecule has 1 aromatic carbocycles. The van der Waals surface area contributed by atoms with E-state index in [0.717, 1.165) is 30.2 Å². The minimum atomic E-state index is -0.155. The number of hydrogen-bond acceptors (Lipinski definition) is 3. The van der Waals surface area contributed by atoms with Crippen molar-refractivity contribution < 1.29 is 4.79 Å². The molecular formula is C11H9NOS. The SMILES string of the molecule is O=CC1(c2ccc3ncsc3c2)CC1. The predicted molar refractivity (Wildman–Crippen MR) is 56.6 cm³/mol. The fourth-order valence-corrected chi connectivity index (χ4v) is 2.49. The van der Waals surface area contributed by atoms with Crippen molar-refractivity contribution in [3.63, 3.8) is 0 Å². The van der Waals surface area contributed by atoms with Gasteiger partial charge in [0.1, 0.15) is 6.29 Å². The van der Waals surface area contributed by atoms with Gasteiger partial charge in [0, 0.05) is 0 Å². The van der Waals surface area contributed by atoms with Crippen LogP contribution in [0.4, 0.5) is 0 Å². The van der Waals surface area contributed by atoms with Gasteiger partial charge in [0.05, 0.1) is 21.1 Å². The lowest BCUT2D eigenvalue weighted by Gasteiger charge is -2.06. The molecule has 70 valence electrons. The van der Waals surface area contributed by atoms with Crippen LogP contribution in [-0.2, 0) is 10.2 Å². The molecule has 0 unspecified atom stereocenters. The van der Waals surface area contributed by atoms with Crippen molar-refractivity contribution >= 4 is 27.8 Å². The molecule has 1 saturated carbocycles. The lowest BCUT2D eigenvalue weighted by molar-refractivity contribution is -0.109. The lowest BCUT2D eigenvalue weighted by Crippen LogP contribution is -2.06. The van der Waals surface area contributed by atoms with Crippen LogP contribution in [0.1, 0.15) is 18.4 Å². The third-order valence-corrected chi connectivity index (χ3v) is 3.71. The van der Waals surface area contributed by atoms with E-state index in [4.69, 9.17) is 0 Å². The highest BCUT2D eigenvalue weighted by Crippen LogP contribution is 2.46. The molecule has 1 heterocycles. The number of aromatic nitrogens is 1. The highest BCUT2D eigenvalue weighted by molar-refractivity contribution is 7.16. The van der Waals surface area contributed by atoms with E-state index in [-0.39, 0.29) is 5.41 Å². The molecule has 0 N–H and O–H groups in total. The minimum absolute atomic E-state index is 0.155. The Balaban J connectivity index is 2.18. The second kappa shape index (κ2) is 2.64. The van der Waals surface area contributed by atoms with Crippen LogP contribution in [0.5, 0.6) is 0 Å². The van der Waals surface area contributed by atoms with Crippen molar-refractivity contribution in [1.82, 2.24) is 4.98 Å². The highest BCUT2D eigenvalue weighted by atomic mass is 32.1. The fraction of sp³-hybridized carbons (Fsp3) is 0.273. The van der Waals surface area contributed by atoms with E-state index in [1.54, 1.807) is 11.3 Å². The Hall–Kier alpha value is -1.22. The maximum absolute atomic E-state index is 11.0. The molecule has 3 rings (SSSR count). The number of nitrogens with zero attached hydrogens (tertiary/aromatic N) is 1. The maximum atomic E-state index is 11.0. The average Bonchev–Trinajstić information content (AvgIpc) is 2.89. The third kappa shape index (κ3) is 1.02. The molecule has 2 nitrogen and oxygen atoms in total. The fourth-order valence-electron chi connectivity index (χ4n) is 1.77. The Labute approximate surface area is 85.6 Å². The second-order valence-electron chi connectivity index (χ2n) is 3.81. The first-order valence-electron chi connectivity index (χ1n) is 4.64. The summed E-state index contributed by atoms with van der Waals surface area (Å²) < 4.78 is 1.18. The molecule has 0 spiro atoms. The van der Waals surface area contributed by atoms with Crippen LogP contribution in [0.3, 0.4) is 0 Å². The van der Waals surface area contributed by atoms with E-state index >= 15 is 0 Å². The van der Waals surface area contributed by atoms with E-state index in [1.807, 2.05) is 17.6 Å². The summed E-state index contributed by atoms with van der Waals surface area (Å²) in [5.74, 6) is 0. The number of fused-ring (bicyclic) bond motifs is 1. The zero-order valence-electron chi connectivity index (χ0n) is 7.56. The summed E-state index contributed by atoms with van der Waals surface area (Å²) in [6.45, 7) is 0. The summed E-state index contributed by atoms with van der Waals surface area (Å²) in [5, 5.41) is 0. The van der Waals surface area contributed by atoms with Gasteiger partial charge in [-0.2, -0.15) is 0 Å². The van der Waals surface area contributed by atoms with Gasteiger partial charge in [-0.3, -0.25) is 0 Å². The van der Waals surface area contributed by atoms with Crippen molar-refractivity contribution in [3.8, 4) is 0 Å². The van der Waals surface area contributed by atoms with Crippen LogP contribution in [-0.4, -0.2) is 11.3 Å². The van der Waals surface area contributed by atoms with Crippen LogP contribution in [0.15, 0.2) is 23.7 Å². The van der Waals surface area contributed by atoms with Crippen molar-refractivity contribution in [3.05, 3.63) is 29.3 Å². The molecule has 1 aliphatic carbocycles. The normalized spacial score (nSPS) is 18.3. The molecule has 3 heteroatoms. The van der Waals surface area contributed by atoms with Gasteiger partial charge in [-0.05, 0) is 30.5 Å². The number of aldehydes is 1. The summed E-state index contributed by atoms with van der Waals surface area (Å²) in [6.07, 6.45) is 3.09. The third-order valence-electron chi connectivity index (χ3n) is 2.92. The zero-order chi connectivity index (χ0) is 9.60. The van der Waals surface area contributed by atoms with E-state index in [1.165, 1.54) is 4.70 Å². The van der Waals surface area contributed by atoms with E-state index in [0.29, 0.717) is 0 Å². The predicted octanol–water partition coefficient (Wildman–Crippen LogP) is 2.53. The minimum Gasteiger partial charge on any atom is -0.302 e. The van der Waals surface area contributed by atoms with Gasteiger partial charge < -0.3 is 4.79 Å². The van der Waals surface area contributed by atoms with Crippen LogP contribution in [0.2, 0.25) is 0 Å². The number of carbonyl (C=O) groups excluding carboxylic acids is 1. The standard InChI is InChI=1S/C11H9NOS/c13-6-11(3-4-11)8-1-2-9-10(5-8)14-7-12-9/h1-2,5-7H,3-4H2. The topological polar surface area (TPSA) is 30.0 Å². The van der Waals surface area contributed by atoms with E-state index in [9.17, 15) is 4.79 Å². The van der Waals surface area contributed by atoms with Gasteiger partial charge >= 0.3 is 0 Å². The van der Waals surface area contributed by atoms with E-state index < -0.39 is 0 Å². The van der Waals surface area contributed by atoms with Crippen molar-refractivity contribution in [2.45, 2.75) is 18.3 Å². The second-order valence-corrected chi connectivity index (χ2v) is 4.70. The summed E-state index contributed by atoms with van der Waals surface area (Å²) in [6, 6.07) is 6.14. The first-order valence-corrected chi connectivity index (χ1v) is 5.52. The molecule has 0 radical (unpaired) electrons. The van der Waals surface area contributed by atoms with Crippen LogP contribution in [0.25, 0.3) is 10.2 Å². The Morgan fingerprint density at radius 2 is 2.29 bits per heavy atom. The molecule has 0 saturated heterocycles. The lowest BCUT2D eigenvalue weighted by atomic mass is 9.98. The summed E-state index contributed by atoms with van der Waals surface area (Å²) >= 11 is 1.63. The van der Waals surface area contributed by atoms with Crippen molar-refractivity contribution in [1.29, 1.82) is 0 Å². The van der Waals surface area contributed by atoms with Crippen LogP contribution in [0, 0.1) is 0 Å². The summed E-state index contributed by atoms with van der Waals surface area (Å²) in [5.41, 5.74) is 3.87. The Morgan fingerprint density at radius 1 is 1.43 bits per heavy atom. The quantitative estimate of drug-likeness (QED) is 0.702. The number of rotatable bonds is 2. The first-order chi connectivity index (χ1) is 6.84. The average molecular weight is 203 g/mol. The number of hydrogen-bond donors (Lipinski definition) is 0. The van der Waals surface area contributed by atoms with E-state index in [2.05, 4.69) is 11.1 Å².